The number of ether oxygens (including phenoxy) is 1. The van der Waals surface area contributed by atoms with Gasteiger partial charge in [0.15, 0.2) is 0 Å². The number of aromatic nitrogens is 2. The molecule has 6 rings (SSSR count). The number of rotatable bonds is 7. The van der Waals surface area contributed by atoms with Gasteiger partial charge < -0.3 is 19.6 Å². The van der Waals surface area contributed by atoms with Gasteiger partial charge in [-0.05, 0) is 52.4 Å². The molecule has 3 aromatic carbocycles. The lowest BCUT2D eigenvalue weighted by Crippen LogP contribution is -2.43. The maximum atomic E-state index is 12.8. The summed E-state index contributed by atoms with van der Waals surface area (Å²) in [7, 11) is 0. The Hall–Kier alpha value is -4.91. The molecule has 0 aliphatic heterocycles. The Morgan fingerprint density at radius 2 is 1.54 bits per heavy atom. The van der Waals surface area contributed by atoms with Crippen molar-refractivity contribution in [3.8, 4) is 22.3 Å². The van der Waals surface area contributed by atoms with E-state index < -0.39 is 18.1 Å². The van der Waals surface area contributed by atoms with Gasteiger partial charge in [0.25, 0.3) is 0 Å². The molecule has 1 aliphatic rings. The number of carboxylic acids is 1. The second kappa shape index (κ2) is 10.1. The van der Waals surface area contributed by atoms with Crippen molar-refractivity contribution in [2.45, 2.75) is 25.3 Å². The Morgan fingerprint density at radius 1 is 0.897 bits per heavy atom. The molecule has 1 atom stereocenters. The number of aryl methyl sites for hydroxylation is 1. The number of pyridine rings is 1. The predicted molar refractivity (Wildman–Crippen MR) is 149 cm³/mol. The molecular formula is C32H27N3O4. The molecular weight excluding hydrogens is 490 g/mol. The molecule has 0 saturated carbocycles. The molecule has 0 bridgehead atoms. The number of nitrogens with zero attached hydrogens (tertiary/aromatic N) is 2. The monoisotopic (exact) mass is 517 g/mol. The maximum Gasteiger partial charge on any atom is 0.407 e. The number of fused-ring (bicyclic) bond motifs is 4. The molecule has 39 heavy (non-hydrogen) atoms. The molecule has 7 nitrogen and oxygen atoms in total. The van der Waals surface area contributed by atoms with Crippen LogP contribution >= 0.6 is 0 Å². The van der Waals surface area contributed by atoms with Gasteiger partial charge in [-0.15, -0.1) is 0 Å². The van der Waals surface area contributed by atoms with E-state index in [9.17, 15) is 14.7 Å². The standard InChI is InChI=1S/C32H27N3O4/c1-20-29(35-18-22(15-16-30(35)33-20)21-9-3-2-4-10-21)17-28(31(36)37)34-32(38)39-19-27-25-13-7-5-11-23(25)24-12-6-8-14-26(24)27/h2-16,18,27-28H,17,19H2,1H3,(H,34,38)(H,36,37). The Bertz CT molecular complexity index is 1650. The van der Waals surface area contributed by atoms with Crippen LogP contribution in [0.1, 0.15) is 28.4 Å². The molecule has 0 fully saturated rings. The van der Waals surface area contributed by atoms with E-state index in [-0.39, 0.29) is 18.9 Å². The van der Waals surface area contributed by atoms with Crippen LogP contribution in [0.2, 0.25) is 0 Å². The molecule has 1 unspecified atom stereocenters. The van der Waals surface area contributed by atoms with Crippen molar-refractivity contribution in [1.29, 1.82) is 0 Å². The first-order valence-electron chi connectivity index (χ1n) is 12.9. The second-order valence-electron chi connectivity index (χ2n) is 9.72. The molecule has 0 saturated heterocycles. The van der Waals surface area contributed by atoms with E-state index >= 15 is 0 Å². The minimum Gasteiger partial charge on any atom is -0.480 e. The van der Waals surface area contributed by atoms with Crippen LogP contribution in [0, 0.1) is 6.92 Å². The van der Waals surface area contributed by atoms with Gasteiger partial charge in [0.2, 0.25) is 0 Å². The second-order valence-corrected chi connectivity index (χ2v) is 9.72. The number of hydrogen-bond donors (Lipinski definition) is 2. The molecule has 1 amide bonds. The van der Waals surface area contributed by atoms with Crippen LogP contribution in [0.25, 0.3) is 27.9 Å². The number of amides is 1. The van der Waals surface area contributed by atoms with Gasteiger partial charge in [-0.1, -0.05) is 78.9 Å². The minimum atomic E-state index is -1.18. The lowest BCUT2D eigenvalue weighted by atomic mass is 9.98. The number of aliphatic carboxylic acids is 1. The average Bonchev–Trinajstić information content (AvgIpc) is 3.45. The first kappa shape index (κ1) is 24.4. The lowest BCUT2D eigenvalue weighted by Gasteiger charge is -2.18. The summed E-state index contributed by atoms with van der Waals surface area (Å²) in [5.41, 5.74) is 8.62. The Kier molecular flexibility index (Phi) is 6.32. The fraction of sp³-hybridized carbons (Fsp3) is 0.156. The maximum absolute atomic E-state index is 12.8. The van der Waals surface area contributed by atoms with E-state index in [1.165, 1.54) is 0 Å². The number of nitrogens with one attached hydrogen (secondary N) is 1. The Balaban J connectivity index is 1.19. The highest BCUT2D eigenvalue weighted by atomic mass is 16.5. The summed E-state index contributed by atoms with van der Waals surface area (Å²) in [4.78, 5) is 29.6. The van der Waals surface area contributed by atoms with Gasteiger partial charge in [0.1, 0.15) is 18.3 Å². The number of carboxylic acid groups (broad SMARTS) is 1. The fourth-order valence-corrected chi connectivity index (χ4v) is 5.43. The minimum absolute atomic E-state index is 0.0603. The molecule has 0 spiro atoms. The summed E-state index contributed by atoms with van der Waals surface area (Å²) in [6.45, 7) is 1.96. The highest BCUT2D eigenvalue weighted by Gasteiger charge is 2.30. The molecule has 5 aromatic rings. The third-order valence-corrected chi connectivity index (χ3v) is 7.36. The quantitative estimate of drug-likeness (QED) is 0.283. The zero-order valence-electron chi connectivity index (χ0n) is 21.4. The van der Waals surface area contributed by atoms with Crippen molar-refractivity contribution in [1.82, 2.24) is 14.7 Å². The van der Waals surface area contributed by atoms with Crippen molar-refractivity contribution in [2.24, 2.45) is 0 Å². The highest BCUT2D eigenvalue weighted by molar-refractivity contribution is 5.81. The summed E-state index contributed by atoms with van der Waals surface area (Å²) in [6, 6.07) is 28.8. The summed E-state index contributed by atoms with van der Waals surface area (Å²) in [5.74, 6) is -1.25. The van der Waals surface area contributed by atoms with Crippen LogP contribution in [-0.4, -0.2) is 39.2 Å². The van der Waals surface area contributed by atoms with E-state index in [0.29, 0.717) is 17.0 Å². The summed E-state index contributed by atoms with van der Waals surface area (Å²) >= 11 is 0. The number of carbonyl (C=O) groups excluding carboxylic acids is 1. The van der Waals surface area contributed by atoms with E-state index in [1.807, 2.05) is 96.4 Å². The van der Waals surface area contributed by atoms with Crippen LogP contribution in [0.3, 0.4) is 0 Å². The zero-order valence-corrected chi connectivity index (χ0v) is 21.4. The Morgan fingerprint density at radius 3 is 2.21 bits per heavy atom. The van der Waals surface area contributed by atoms with Crippen molar-refractivity contribution in [3.05, 3.63) is 120 Å². The van der Waals surface area contributed by atoms with Gasteiger partial charge >= 0.3 is 12.1 Å². The van der Waals surface area contributed by atoms with Gasteiger partial charge in [-0.2, -0.15) is 0 Å². The van der Waals surface area contributed by atoms with Crippen molar-refractivity contribution in [3.63, 3.8) is 0 Å². The third kappa shape index (κ3) is 4.63. The number of hydrogen-bond acceptors (Lipinski definition) is 4. The van der Waals surface area contributed by atoms with E-state index in [0.717, 1.165) is 33.4 Å². The SMILES string of the molecule is Cc1nc2ccc(-c3ccccc3)cn2c1CC(NC(=O)OCC1c2ccccc2-c2ccccc21)C(=O)O. The van der Waals surface area contributed by atoms with Crippen LogP contribution in [0.5, 0.6) is 0 Å². The van der Waals surface area contributed by atoms with Crippen molar-refractivity contribution < 1.29 is 19.4 Å². The molecule has 194 valence electrons. The predicted octanol–water partition coefficient (Wildman–Crippen LogP) is 5.84. The fourth-order valence-electron chi connectivity index (χ4n) is 5.43. The summed E-state index contributed by atoms with van der Waals surface area (Å²) < 4.78 is 7.49. The zero-order chi connectivity index (χ0) is 26.9. The molecule has 1 aliphatic carbocycles. The van der Waals surface area contributed by atoms with Crippen molar-refractivity contribution in [2.75, 3.05) is 6.61 Å². The van der Waals surface area contributed by atoms with E-state index in [1.54, 1.807) is 0 Å². The van der Waals surface area contributed by atoms with Crippen LogP contribution < -0.4 is 5.32 Å². The summed E-state index contributed by atoms with van der Waals surface area (Å²) in [6.07, 6.45) is 1.25. The van der Waals surface area contributed by atoms with Crippen molar-refractivity contribution >= 4 is 17.7 Å². The van der Waals surface area contributed by atoms with Gasteiger partial charge in [0, 0.05) is 24.2 Å². The number of carbonyl (C=O) groups is 2. The first-order chi connectivity index (χ1) is 19.0. The third-order valence-electron chi connectivity index (χ3n) is 7.36. The lowest BCUT2D eigenvalue weighted by molar-refractivity contribution is -0.139. The first-order valence-corrected chi connectivity index (χ1v) is 12.9. The highest BCUT2D eigenvalue weighted by Crippen LogP contribution is 2.44. The largest absolute Gasteiger partial charge is 0.480 e. The molecule has 2 N–H and O–H groups in total. The van der Waals surface area contributed by atoms with Gasteiger partial charge in [0.05, 0.1) is 5.69 Å². The Labute approximate surface area is 225 Å². The molecule has 2 aromatic heterocycles. The van der Waals surface area contributed by atoms with Gasteiger partial charge in [-0.25, -0.2) is 14.6 Å². The number of imidazole rings is 1. The molecule has 2 heterocycles. The molecule has 0 radical (unpaired) electrons. The number of benzene rings is 3. The topological polar surface area (TPSA) is 92.9 Å². The number of alkyl carbamates (subject to hydrolysis) is 1. The van der Waals surface area contributed by atoms with Crippen LogP contribution in [0.15, 0.2) is 97.2 Å². The van der Waals surface area contributed by atoms with Crippen LogP contribution in [-0.2, 0) is 16.0 Å². The molecule has 7 heteroatoms. The average molecular weight is 518 g/mol. The summed E-state index contributed by atoms with van der Waals surface area (Å²) in [5, 5.41) is 12.5. The smallest absolute Gasteiger partial charge is 0.407 e. The van der Waals surface area contributed by atoms with Gasteiger partial charge in [-0.3, -0.25) is 0 Å². The normalized spacial score (nSPS) is 13.1. The van der Waals surface area contributed by atoms with E-state index in [4.69, 9.17) is 4.74 Å². The van der Waals surface area contributed by atoms with E-state index in [2.05, 4.69) is 22.4 Å². The van der Waals surface area contributed by atoms with Crippen LogP contribution in [0.4, 0.5) is 4.79 Å².